The molecule has 0 fully saturated rings. The number of methoxy groups -OCH3 is 1. The molecular formula is C16H17NO3S. The highest BCUT2D eigenvalue weighted by atomic mass is 32.2. The first-order valence-corrected chi connectivity index (χ1v) is 7.46. The topological polar surface area (TPSA) is 55.5 Å². The first kappa shape index (κ1) is 15.5. The predicted molar refractivity (Wildman–Crippen MR) is 82.5 cm³/mol. The average molecular weight is 303 g/mol. The number of oxazole rings is 1. The molecule has 2 aromatic rings. The van der Waals surface area contributed by atoms with Crippen molar-refractivity contribution in [3.63, 3.8) is 0 Å². The first-order valence-electron chi connectivity index (χ1n) is 6.47. The summed E-state index contributed by atoms with van der Waals surface area (Å²) in [7, 11) is 1.60. The van der Waals surface area contributed by atoms with Gasteiger partial charge in [0.15, 0.2) is 0 Å². The van der Waals surface area contributed by atoms with Crippen molar-refractivity contribution < 1.29 is 14.3 Å². The smallest absolute Gasteiger partial charge is 0.256 e. The van der Waals surface area contributed by atoms with E-state index in [0.29, 0.717) is 11.0 Å². The van der Waals surface area contributed by atoms with Crippen molar-refractivity contribution in [2.45, 2.75) is 24.8 Å². The molecule has 0 saturated heterocycles. The zero-order chi connectivity index (χ0) is 15.2. The average Bonchev–Trinajstić information content (AvgIpc) is 2.81. The number of aryl methyl sites for hydroxylation is 2. The van der Waals surface area contributed by atoms with Gasteiger partial charge in [0.1, 0.15) is 18.1 Å². The van der Waals surface area contributed by atoms with Gasteiger partial charge in [-0.25, -0.2) is 4.98 Å². The highest BCUT2D eigenvalue weighted by molar-refractivity contribution is 7.98. The molecule has 4 nitrogen and oxygen atoms in total. The number of thioether (sulfide) groups is 1. The standard InChI is InChI=1S/C16H17NO3S/c1-11-12(2)20-16(17-11)21-10-13-6-7-15(19-3)14(9-13)5-4-8-18/h6-7,9,18H,8,10H2,1-3H3. The number of aliphatic hydroxyl groups excluding tert-OH is 1. The van der Waals surface area contributed by atoms with Gasteiger partial charge in [0.05, 0.1) is 18.4 Å². The largest absolute Gasteiger partial charge is 0.495 e. The van der Waals surface area contributed by atoms with Crippen molar-refractivity contribution in [3.8, 4) is 17.6 Å². The number of aromatic nitrogens is 1. The molecule has 0 unspecified atom stereocenters. The van der Waals surface area contributed by atoms with Crippen molar-refractivity contribution in [1.82, 2.24) is 4.98 Å². The SMILES string of the molecule is COc1ccc(CSc2nc(C)c(C)o2)cc1C#CCO. The summed E-state index contributed by atoms with van der Waals surface area (Å²) in [4.78, 5) is 4.34. The van der Waals surface area contributed by atoms with Gasteiger partial charge in [0, 0.05) is 5.75 Å². The van der Waals surface area contributed by atoms with Gasteiger partial charge in [-0.3, -0.25) is 0 Å². The van der Waals surface area contributed by atoms with Crippen LogP contribution in [-0.2, 0) is 5.75 Å². The number of hydrogen-bond acceptors (Lipinski definition) is 5. The van der Waals surface area contributed by atoms with Gasteiger partial charge in [-0.15, -0.1) is 0 Å². The third-order valence-electron chi connectivity index (χ3n) is 2.94. The molecule has 1 aromatic heterocycles. The quantitative estimate of drug-likeness (QED) is 0.695. The van der Waals surface area contributed by atoms with Crippen molar-refractivity contribution in [1.29, 1.82) is 0 Å². The minimum Gasteiger partial charge on any atom is -0.495 e. The van der Waals surface area contributed by atoms with E-state index in [4.69, 9.17) is 14.3 Å². The zero-order valence-electron chi connectivity index (χ0n) is 12.3. The molecule has 0 radical (unpaired) electrons. The van der Waals surface area contributed by atoms with Gasteiger partial charge in [-0.05, 0) is 31.5 Å². The maximum atomic E-state index is 8.80. The van der Waals surface area contributed by atoms with Gasteiger partial charge in [-0.2, -0.15) is 0 Å². The van der Waals surface area contributed by atoms with E-state index in [1.54, 1.807) is 7.11 Å². The number of ether oxygens (including phenoxy) is 1. The highest BCUT2D eigenvalue weighted by Crippen LogP contribution is 2.26. The van der Waals surface area contributed by atoms with E-state index in [0.717, 1.165) is 28.3 Å². The second-order valence-corrected chi connectivity index (χ2v) is 5.33. The minimum absolute atomic E-state index is 0.170. The number of rotatable bonds is 4. The van der Waals surface area contributed by atoms with Crippen molar-refractivity contribution in [3.05, 3.63) is 40.8 Å². The Morgan fingerprint density at radius 2 is 2.19 bits per heavy atom. The Hall–Kier alpha value is -1.90. The predicted octanol–water partition coefficient (Wildman–Crippen LogP) is 2.94. The Morgan fingerprint density at radius 3 is 2.81 bits per heavy atom. The lowest BCUT2D eigenvalue weighted by molar-refractivity contribution is 0.350. The molecule has 0 amide bonds. The summed E-state index contributed by atoms with van der Waals surface area (Å²) in [5, 5.41) is 9.47. The molecular weight excluding hydrogens is 286 g/mol. The Bertz CT molecular complexity index is 663. The van der Waals surface area contributed by atoms with Crippen LogP contribution in [-0.4, -0.2) is 23.8 Å². The summed E-state index contributed by atoms with van der Waals surface area (Å²) in [5.74, 6) is 7.81. The summed E-state index contributed by atoms with van der Waals surface area (Å²) in [5.41, 5.74) is 2.78. The molecule has 0 aliphatic heterocycles. The van der Waals surface area contributed by atoms with Crippen LogP contribution in [0.5, 0.6) is 5.75 Å². The number of hydrogen-bond donors (Lipinski definition) is 1. The van der Waals surface area contributed by atoms with E-state index in [2.05, 4.69) is 16.8 Å². The maximum Gasteiger partial charge on any atom is 0.256 e. The maximum absolute atomic E-state index is 8.80. The monoisotopic (exact) mass is 303 g/mol. The molecule has 5 heteroatoms. The van der Waals surface area contributed by atoms with Crippen LogP contribution < -0.4 is 4.74 Å². The van der Waals surface area contributed by atoms with E-state index in [9.17, 15) is 0 Å². The zero-order valence-corrected chi connectivity index (χ0v) is 13.1. The first-order chi connectivity index (χ1) is 10.1. The van der Waals surface area contributed by atoms with Crippen LogP contribution in [0.4, 0.5) is 0 Å². The third-order valence-corrected chi connectivity index (χ3v) is 3.84. The van der Waals surface area contributed by atoms with Crippen LogP contribution in [0.25, 0.3) is 0 Å². The molecule has 1 aromatic carbocycles. The molecule has 21 heavy (non-hydrogen) atoms. The third kappa shape index (κ3) is 4.03. The van der Waals surface area contributed by atoms with Crippen LogP contribution >= 0.6 is 11.8 Å². The Balaban J connectivity index is 2.13. The molecule has 110 valence electrons. The van der Waals surface area contributed by atoms with Gasteiger partial charge in [0.25, 0.3) is 5.22 Å². The Kier molecular flexibility index (Phi) is 5.32. The van der Waals surface area contributed by atoms with Crippen molar-refractivity contribution >= 4 is 11.8 Å². The lowest BCUT2D eigenvalue weighted by Gasteiger charge is -2.05. The fraction of sp³-hybridized carbons (Fsp3) is 0.312. The molecule has 0 aliphatic rings. The molecule has 0 saturated carbocycles. The normalized spacial score (nSPS) is 10.1. The second kappa shape index (κ2) is 7.21. The van der Waals surface area contributed by atoms with Crippen molar-refractivity contribution in [2.24, 2.45) is 0 Å². The second-order valence-electron chi connectivity index (χ2n) is 4.40. The Labute approximate surface area is 128 Å². The fourth-order valence-corrected chi connectivity index (χ4v) is 2.58. The lowest BCUT2D eigenvalue weighted by atomic mass is 10.1. The minimum atomic E-state index is -0.170. The Morgan fingerprint density at radius 1 is 1.38 bits per heavy atom. The van der Waals surface area contributed by atoms with Crippen LogP contribution in [0.1, 0.15) is 22.6 Å². The van der Waals surface area contributed by atoms with Crippen LogP contribution in [0.3, 0.4) is 0 Å². The molecule has 0 atom stereocenters. The van der Waals surface area contributed by atoms with E-state index < -0.39 is 0 Å². The van der Waals surface area contributed by atoms with E-state index in [-0.39, 0.29) is 6.61 Å². The molecule has 2 rings (SSSR count). The van der Waals surface area contributed by atoms with Gasteiger partial charge < -0.3 is 14.3 Å². The van der Waals surface area contributed by atoms with E-state index in [1.807, 2.05) is 32.0 Å². The fourth-order valence-electron chi connectivity index (χ4n) is 1.73. The molecule has 0 bridgehead atoms. The summed E-state index contributed by atoms with van der Waals surface area (Å²) in [6.07, 6.45) is 0. The van der Waals surface area contributed by atoms with Crippen LogP contribution in [0, 0.1) is 25.7 Å². The summed E-state index contributed by atoms with van der Waals surface area (Å²) >= 11 is 1.54. The lowest BCUT2D eigenvalue weighted by Crippen LogP contribution is -1.91. The van der Waals surface area contributed by atoms with E-state index in [1.165, 1.54) is 11.8 Å². The van der Waals surface area contributed by atoms with Gasteiger partial charge in [0.2, 0.25) is 0 Å². The highest BCUT2D eigenvalue weighted by Gasteiger charge is 2.08. The molecule has 1 heterocycles. The summed E-state index contributed by atoms with van der Waals surface area (Å²) in [6, 6.07) is 5.82. The van der Waals surface area contributed by atoms with E-state index >= 15 is 0 Å². The number of aliphatic hydroxyl groups is 1. The van der Waals surface area contributed by atoms with Crippen LogP contribution in [0.2, 0.25) is 0 Å². The molecule has 0 spiro atoms. The molecule has 0 aliphatic carbocycles. The van der Waals surface area contributed by atoms with Gasteiger partial charge in [-0.1, -0.05) is 29.7 Å². The number of nitrogens with zero attached hydrogens (tertiary/aromatic N) is 1. The van der Waals surface area contributed by atoms with Crippen molar-refractivity contribution in [2.75, 3.05) is 13.7 Å². The van der Waals surface area contributed by atoms with Crippen LogP contribution in [0.15, 0.2) is 27.8 Å². The molecule has 1 N–H and O–H groups in total. The summed E-state index contributed by atoms with van der Waals surface area (Å²) in [6.45, 7) is 3.66. The summed E-state index contributed by atoms with van der Waals surface area (Å²) < 4.78 is 10.8. The van der Waals surface area contributed by atoms with Gasteiger partial charge >= 0.3 is 0 Å². The number of benzene rings is 1.